The summed E-state index contributed by atoms with van der Waals surface area (Å²) < 4.78 is 5.41. The number of unbranched alkanes of at least 4 members (excludes halogenated alkanes) is 1. The van der Waals surface area contributed by atoms with E-state index in [0.29, 0.717) is 6.04 Å². The van der Waals surface area contributed by atoms with E-state index in [1.54, 1.807) is 0 Å². The highest BCUT2D eigenvalue weighted by molar-refractivity contribution is 5.15. The minimum absolute atomic E-state index is 0.677. The normalized spacial score (nSPS) is 14.8. The molecular weight excluding hydrogens is 262 g/mol. The Bertz CT molecular complexity index is 548. The highest BCUT2D eigenvalue weighted by Gasteiger charge is 2.30. The van der Waals surface area contributed by atoms with Gasteiger partial charge in [-0.3, -0.25) is 4.90 Å². The van der Waals surface area contributed by atoms with E-state index in [9.17, 15) is 0 Å². The van der Waals surface area contributed by atoms with Crippen LogP contribution >= 0.6 is 0 Å². The van der Waals surface area contributed by atoms with Gasteiger partial charge in [-0.05, 0) is 24.8 Å². The Morgan fingerprint density at radius 2 is 2.00 bits per heavy atom. The molecule has 1 saturated carbocycles. The van der Waals surface area contributed by atoms with Crippen LogP contribution in [0.5, 0.6) is 0 Å². The molecule has 3 rings (SSSR count). The Morgan fingerprint density at radius 1 is 1.19 bits per heavy atom. The number of aryl methyl sites for hydroxylation is 1. The van der Waals surface area contributed by atoms with Crippen molar-refractivity contribution in [2.75, 3.05) is 0 Å². The van der Waals surface area contributed by atoms with Gasteiger partial charge in [0.25, 0.3) is 0 Å². The fourth-order valence-electron chi connectivity index (χ4n) is 2.54. The van der Waals surface area contributed by atoms with Crippen molar-refractivity contribution in [1.29, 1.82) is 0 Å². The minimum atomic E-state index is 0.677. The Kier molecular flexibility index (Phi) is 4.65. The second kappa shape index (κ2) is 6.85. The SMILES string of the molecule is CCCCc1noc(CN(Cc2ccccc2)C2CC2)n1. The lowest BCUT2D eigenvalue weighted by molar-refractivity contribution is 0.209. The number of hydrogen-bond donors (Lipinski definition) is 0. The molecule has 0 unspecified atom stereocenters. The predicted octanol–water partition coefficient (Wildman–Crippen LogP) is 3.58. The van der Waals surface area contributed by atoms with E-state index in [2.05, 4.69) is 52.3 Å². The molecule has 4 nitrogen and oxygen atoms in total. The van der Waals surface area contributed by atoms with E-state index in [0.717, 1.165) is 44.1 Å². The van der Waals surface area contributed by atoms with Crippen LogP contribution in [0, 0.1) is 0 Å². The first-order valence-corrected chi connectivity index (χ1v) is 7.94. The number of aromatic nitrogens is 2. The van der Waals surface area contributed by atoms with Gasteiger partial charge in [0.2, 0.25) is 5.89 Å². The van der Waals surface area contributed by atoms with Gasteiger partial charge in [0.15, 0.2) is 5.82 Å². The highest BCUT2D eigenvalue weighted by atomic mass is 16.5. The van der Waals surface area contributed by atoms with Crippen molar-refractivity contribution in [1.82, 2.24) is 15.0 Å². The molecule has 0 amide bonds. The van der Waals surface area contributed by atoms with Crippen LogP contribution in [0.3, 0.4) is 0 Å². The monoisotopic (exact) mass is 285 g/mol. The quantitative estimate of drug-likeness (QED) is 0.743. The largest absolute Gasteiger partial charge is 0.338 e. The number of nitrogens with zero attached hydrogens (tertiary/aromatic N) is 3. The van der Waals surface area contributed by atoms with Crippen LogP contribution < -0.4 is 0 Å². The summed E-state index contributed by atoms with van der Waals surface area (Å²) in [4.78, 5) is 6.97. The fraction of sp³-hybridized carbons (Fsp3) is 0.529. The standard InChI is InChI=1S/C17H23N3O/c1-2-3-9-16-18-17(21-19-16)13-20(15-10-11-15)12-14-7-5-4-6-8-14/h4-8,15H,2-3,9-13H2,1H3. The van der Waals surface area contributed by atoms with E-state index in [1.165, 1.54) is 18.4 Å². The maximum Gasteiger partial charge on any atom is 0.240 e. The van der Waals surface area contributed by atoms with Gasteiger partial charge in [-0.2, -0.15) is 4.98 Å². The van der Waals surface area contributed by atoms with Crippen molar-refractivity contribution < 1.29 is 4.52 Å². The second-order valence-electron chi connectivity index (χ2n) is 5.83. The summed E-state index contributed by atoms with van der Waals surface area (Å²) in [5.41, 5.74) is 1.34. The van der Waals surface area contributed by atoms with Gasteiger partial charge in [-0.25, -0.2) is 0 Å². The number of rotatable bonds is 8. The summed E-state index contributed by atoms with van der Waals surface area (Å²) >= 11 is 0. The van der Waals surface area contributed by atoms with Crippen LogP contribution in [0.1, 0.15) is 49.9 Å². The lowest BCUT2D eigenvalue weighted by atomic mass is 10.2. The first-order valence-electron chi connectivity index (χ1n) is 7.94. The van der Waals surface area contributed by atoms with Crippen LogP contribution in [-0.4, -0.2) is 21.1 Å². The molecule has 1 aromatic heterocycles. The molecule has 0 bridgehead atoms. The Balaban J connectivity index is 1.61. The van der Waals surface area contributed by atoms with Gasteiger partial charge in [-0.15, -0.1) is 0 Å². The average molecular weight is 285 g/mol. The summed E-state index contributed by atoms with van der Waals surface area (Å²) in [5, 5.41) is 4.08. The molecule has 0 saturated heterocycles. The molecule has 112 valence electrons. The van der Waals surface area contributed by atoms with Crippen molar-refractivity contribution in [3.63, 3.8) is 0 Å². The third kappa shape index (κ3) is 4.14. The maximum absolute atomic E-state index is 5.41. The van der Waals surface area contributed by atoms with Crippen LogP contribution in [0.25, 0.3) is 0 Å². The van der Waals surface area contributed by atoms with E-state index in [4.69, 9.17) is 4.52 Å². The van der Waals surface area contributed by atoms with Crippen molar-refractivity contribution in [3.05, 3.63) is 47.6 Å². The molecule has 0 radical (unpaired) electrons. The van der Waals surface area contributed by atoms with Crippen LogP contribution in [0.2, 0.25) is 0 Å². The highest BCUT2D eigenvalue weighted by Crippen LogP contribution is 2.29. The molecular formula is C17H23N3O. The lowest BCUT2D eigenvalue weighted by Gasteiger charge is -2.19. The molecule has 1 heterocycles. The maximum atomic E-state index is 5.41. The zero-order valence-corrected chi connectivity index (χ0v) is 12.7. The van der Waals surface area contributed by atoms with E-state index >= 15 is 0 Å². The molecule has 1 aliphatic carbocycles. The summed E-state index contributed by atoms with van der Waals surface area (Å²) in [5.74, 6) is 1.60. The van der Waals surface area contributed by atoms with Gasteiger partial charge in [0.05, 0.1) is 6.54 Å². The number of hydrogen-bond acceptors (Lipinski definition) is 4. The van der Waals surface area contributed by atoms with E-state index < -0.39 is 0 Å². The van der Waals surface area contributed by atoms with Gasteiger partial charge in [-0.1, -0.05) is 48.8 Å². The summed E-state index contributed by atoms with van der Waals surface area (Å²) in [6.45, 7) is 3.90. The molecule has 0 N–H and O–H groups in total. The lowest BCUT2D eigenvalue weighted by Crippen LogP contribution is -2.25. The Labute approximate surface area is 126 Å². The fourth-order valence-corrected chi connectivity index (χ4v) is 2.54. The van der Waals surface area contributed by atoms with Crippen LogP contribution in [-0.2, 0) is 19.5 Å². The Morgan fingerprint density at radius 3 is 2.71 bits per heavy atom. The van der Waals surface area contributed by atoms with E-state index in [1.807, 2.05) is 0 Å². The predicted molar refractivity (Wildman–Crippen MR) is 81.6 cm³/mol. The van der Waals surface area contributed by atoms with Crippen LogP contribution in [0.4, 0.5) is 0 Å². The Hall–Kier alpha value is -1.68. The van der Waals surface area contributed by atoms with Gasteiger partial charge < -0.3 is 4.52 Å². The molecule has 2 aromatic rings. The second-order valence-corrected chi connectivity index (χ2v) is 5.83. The zero-order valence-electron chi connectivity index (χ0n) is 12.7. The molecule has 0 spiro atoms. The minimum Gasteiger partial charge on any atom is -0.338 e. The smallest absolute Gasteiger partial charge is 0.240 e. The first-order chi connectivity index (χ1) is 10.3. The molecule has 1 aliphatic rings. The summed E-state index contributed by atoms with van der Waals surface area (Å²) in [6, 6.07) is 11.3. The number of benzene rings is 1. The topological polar surface area (TPSA) is 42.2 Å². The van der Waals surface area contributed by atoms with Gasteiger partial charge in [0, 0.05) is 19.0 Å². The molecule has 0 atom stereocenters. The first kappa shape index (κ1) is 14.3. The van der Waals surface area contributed by atoms with Crippen molar-refractivity contribution in [3.8, 4) is 0 Å². The third-order valence-electron chi connectivity index (χ3n) is 3.89. The third-order valence-corrected chi connectivity index (χ3v) is 3.89. The van der Waals surface area contributed by atoms with Gasteiger partial charge in [0.1, 0.15) is 0 Å². The molecule has 4 heteroatoms. The van der Waals surface area contributed by atoms with Crippen molar-refractivity contribution in [2.45, 2.75) is 58.2 Å². The molecule has 1 aromatic carbocycles. The van der Waals surface area contributed by atoms with Crippen molar-refractivity contribution >= 4 is 0 Å². The van der Waals surface area contributed by atoms with Crippen molar-refractivity contribution in [2.24, 2.45) is 0 Å². The molecule has 1 fully saturated rings. The summed E-state index contributed by atoms with van der Waals surface area (Å²) in [7, 11) is 0. The molecule has 21 heavy (non-hydrogen) atoms. The van der Waals surface area contributed by atoms with Crippen LogP contribution in [0.15, 0.2) is 34.9 Å². The summed E-state index contributed by atoms with van der Waals surface area (Å²) in [6.07, 6.45) is 5.76. The molecule has 0 aliphatic heterocycles. The zero-order chi connectivity index (χ0) is 14.5. The van der Waals surface area contributed by atoms with Gasteiger partial charge >= 0.3 is 0 Å². The average Bonchev–Trinajstić information content (AvgIpc) is 3.27. The van der Waals surface area contributed by atoms with E-state index in [-0.39, 0.29) is 0 Å².